The van der Waals surface area contributed by atoms with Crippen molar-refractivity contribution in [2.45, 2.75) is 71.3 Å². The van der Waals surface area contributed by atoms with Crippen molar-refractivity contribution in [2.75, 3.05) is 0 Å². The molecule has 0 aliphatic heterocycles. The topological polar surface area (TPSA) is 54.4 Å². The molecular weight excluding hydrogens is 300 g/mol. The Morgan fingerprint density at radius 3 is 2.58 bits per heavy atom. The normalized spacial score (nSPS) is 47.2. The molecule has 3 nitrogen and oxygen atoms in total. The standard InChI is InChI=1S/C21H28O3/c1-13(22)21(24)11-8-18-16-5-4-14-12-15(23)6-9-19(14,2)17(16)7-10-20(18,21)3/h5,12,17-18,24H,4,6-11H2,1-3H3/t17?,18?,19-,20-,21-/m0/s1. The van der Waals surface area contributed by atoms with E-state index in [2.05, 4.69) is 19.9 Å². The van der Waals surface area contributed by atoms with Crippen LogP contribution in [0.1, 0.15) is 65.7 Å². The zero-order chi connectivity index (χ0) is 17.3. The summed E-state index contributed by atoms with van der Waals surface area (Å²) in [6.45, 7) is 6.00. The largest absolute Gasteiger partial charge is 0.381 e. The van der Waals surface area contributed by atoms with Gasteiger partial charge in [-0.1, -0.05) is 31.1 Å². The molecule has 0 bridgehead atoms. The maximum absolute atomic E-state index is 12.2. The molecule has 0 radical (unpaired) electrons. The summed E-state index contributed by atoms with van der Waals surface area (Å²) in [5.74, 6) is 0.975. The number of hydrogen-bond donors (Lipinski definition) is 1. The van der Waals surface area contributed by atoms with Crippen molar-refractivity contribution < 1.29 is 14.7 Å². The number of Topliss-reactive ketones (excluding diaryl/α,β-unsaturated/α-hetero) is 1. The second-order valence-electron chi connectivity index (χ2n) is 8.98. The van der Waals surface area contributed by atoms with E-state index in [9.17, 15) is 14.7 Å². The summed E-state index contributed by atoms with van der Waals surface area (Å²) in [5.41, 5.74) is 1.37. The molecule has 0 aromatic heterocycles. The van der Waals surface area contributed by atoms with Gasteiger partial charge in [0.05, 0.1) is 0 Å². The lowest BCUT2D eigenvalue weighted by atomic mass is 9.49. The van der Waals surface area contributed by atoms with E-state index in [0.717, 1.165) is 32.1 Å². The Morgan fingerprint density at radius 1 is 1.17 bits per heavy atom. The number of aliphatic hydroxyl groups is 1. The average molecular weight is 328 g/mol. The van der Waals surface area contributed by atoms with Crippen molar-refractivity contribution in [2.24, 2.45) is 22.7 Å². The fourth-order valence-electron chi connectivity index (χ4n) is 6.46. The monoisotopic (exact) mass is 328 g/mol. The first-order chi connectivity index (χ1) is 11.2. The number of carbonyl (C=O) groups is 2. The van der Waals surface area contributed by atoms with Gasteiger partial charge in [0, 0.05) is 11.8 Å². The molecule has 24 heavy (non-hydrogen) atoms. The molecule has 2 unspecified atom stereocenters. The predicted molar refractivity (Wildman–Crippen MR) is 92.3 cm³/mol. The number of carbonyl (C=O) groups excluding carboxylic acids is 2. The maximum atomic E-state index is 12.2. The first kappa shape index (κ1) is 16.3. The molecule has 2 fully saturated rings. The van der Waals surface area contributed by atoms with Crippen LogP contribution in [-0.2, 0) is 9.59 Å². The highest BCUT2D eigenvalue weighted by molar-refractivity contribution is 5.92. The predicted octanol–water partition coefficient (Wildman–Crippen LogP) is 3.76. The lowest BCUT2D eigenvalue weighted by Gasteiger charge is -2.55. The van der Waals surface area contributed by atoms with Gasteiger partial charge in [0.25, 0.3) is 0 Å². The van der Waals surface area contributed by atoms with Gasteiger partial charge in [0.15, 0.2) is 11.6 Å². The van der Waals surface area contributed by atoms with E-state index in [1.807, 2.05) is 6.08 Å². The SMILES string of the molecule is CC(=O)[C@@]1(O)CCC2C3=CCC4=CC(=O)CC[C@]4(C)C3CC[C@@]21C. The Hall–Kier alpha value is -1.22. The first-order valence-electron chi connectivity index (χ1n) is 9.40. The van der Waals surface area contributed by atoms with E-state index in [-0.39, 0.29) is 22.4 Å². The minimum absolute atomic E-state index is 0.0718. The van der Waals surface area contributed by atoms with Crippen molar-refractivity contribution in [3.63, 3.8) is 0 Å². The molecular formula is C21H28O3. The lowest BCUT2D eigenvalue weighted by molar-refractivity contribution is -0.151. The molecule has 130 valence electrons. The zero-order valence-electron chi connectivity index (χ0n) is 15.0. The molecule has 2 saturated carbocycles. The van der Waals surface area contributed by atoms with Crippen LogP contribution in [0.15, 0.2) is 23.3 Å². The number of allylic oxidation sites excluding steroid dienone is 4. The molecule has 1 N–H and O–H groups in total. The Kier molecular flexibility index (Phi) is 3.32. The fraction of sp³-hybridized carbons (Fsp3) is 0.714. The van der Waals surface area contributed by atoms with Crippen LogP contribution >= 0.6 is 0 Å². The summed E-state index contributed by atoms with van der Waals surface area (Å²) in [7, 11) is 0. The van der Waals surface area contributed by atoms with E-state index < -0.39 is 5.60 Å². The highest BCUT2D eigenvalue weighted by Crippen LogP contribution is 2.66. The molecule has 3 heteroatoms. The molecule has 4 aliphatic carbocycles. The second-order valence-corrected chi connectivity index (χ2v) is 8.98. The van der Waals surface area contributed by atoms with Gasteiger partial charge in [-0.15, -0.1) is 0 Å². The van der Waals surface area contributed by atoms with Crippen LogP contribution in [0.5, 0.6) is 0 Å². The number of rotatable bonds is 1. The molecule has 0 aromatic rings. The van der Waals surface area contributed by atoms with Crippen LogP contribution in [0.25, 0.3) is 0 Å². The smallest absolute Gasteiger partial charge is 0.161 e. The third kappa shape index (κ3) is 1.82. The Morgan fingerprint density at radius 2 is 1.88 bits per heavy atom. The van der Waals surface area contributed by atoms with Gasteiger partial charge < -0.3 is 5.11 Å². The Labute approximate surface area is 144 Å². The van der Waals surface area contributed by atoms with E-state index in [4.69, 9.17) is 0 Å². The summed E-state index contributed by atoms with van der Waals surface area (Å²) < 4.78 is 0. The molecule has 4 aliphatic rings. The van der Waals surface area contributed by atoms with Crippen molar-refractivity contribution in [1.29, 1.82) is 0 Å². The molecule has 4 rings (SSSR count). The highest BCUT2D eigenvalue weighted by atomic mass is 16.3. The minimum atomic E-state index is -1.16. The van der Waals surface area contributed by atoms with Gasteiger partial charge in [-0.2, -0.15) is 0 Å². The van der Waals surface area contributed by atoms with Gasteiger partial charge in [0.2, 0.25) is 0 Å². The molecule has 0 heterocycles. The summed E-state index contributed by atoms with van der Waals surface area (Å²) >= 11 is 0. The minimum Gasteiger partial charge on any atom is -0.381 e. The third-order valence-electron chi connectivity index (χ3n) is 8.13. The van der Waals surface area contributed by atoms with Crippen LogP contribution in [0, 0.1) is 22.7 Å². The van der Waals surface area contributed by atoms with Gasteiger partial charge in [0.1, 0.15) is 5.60 Å². The van der Waals surface area contributed by atoms with Crippen LogP contribution in [-0.4, -0.2) is 22.3 Å². The third-order valence-corrected chi connectivity index (χ3v) is 8.13. The number of hydrogen-bond acceptors (Lipinski definition) is 3. The molecule has 0 aromatic carbocycles. The molecule has 0 saturated heterocycles. The number of fused-ring (bicyclic) bond motifs is 5. The molecule has 5 atom stereocenters. The van der Waals surface area contributed by atoms with Crippen molar-refractivity contribution in [1.82, 2.24) is 0 Å². The van der Waals surface area contributed by atoms with E-state index in [0.29, 0.717) is 24.7 Å². The van der Waals surface area contributed by atoms with Crippen LogP contribution in [0.4, 0.5) is 0 Å². The van der Waals surface area contributed by atoms with E-state index >= 15 is 0 Å². The Balaban J connectivity index is 1.76. The first-order valence-corrected chi connectivity index (χ1v) is 9.40. The quantitative estimate of drug-likeness (QED) is 0.746. The lowest BCUT2D eigenvalue weighted by Crippen LogP contribution is -2.54. The molecule has 0 amide bonds. The second kappa shape index (κ2) is 4.91. The summed E-state index contributed by atoms with van der Waals surface area (Å²) in [4.78, 5) is 24.0. The zero-order valence-corrected chi connectivity index (χ0v) is 15.0. The average Bonchev–Trinajstić information content (AvgIpc) is 2.81. The van der Waals surface area contributed by atoms with Gasteiger partial charge >= 0.3 is 0 Å². The van der Waals surface area contributed by atoms with E-state index in [1.54, 1.807) is 6.92 Å². The fourth-order valence-corrected chi connectivity index (χ4v) is 6.46. The summed E-state index contributed by atoms with van der Waals surface area (Å²) in [5, 5.41) is 11.1. The number of ketones is 2. The summed E-state index contributed by atoms with van der Waals surface area (Å²) in [6.07, 6.45) is 10.1. The van der Waals surface area contributed by atoms with Crippen LogP contribution < -0.4 is 0 Å². The van der Waals surface area contributed by atoms with Gasteiger partial charge in [-0.05, 0) is 68.8 Å². The van der Waals surface area contributed by atoms with Crippen molar-refractivity contribution in [3.8, 4) is 0 Å². The maximum Gasteiger partial charge on any atom is 0.161 e. The Bertz CT molecular complexity index is 687. The van der Waals surface area contributed by atoms with Gasteiger partial charge in [-0.3, -0.25) is 9.59 Å². The summed E-state index contributed by atoms with van der Waals surface area (Å²) in [6, 6.07) is 0. The van der Waals surface area contributed by atoms with Crippen molar-refractivity contribution >= 4 is 11.6 Å². The van der Waals surface area contributed by atoms with Crippen LogP contribution in [0.3, 0.4) is 0 Å². The van der Waals surface area contributed by atoms with Crippen LogP contribution in [0.2, 0.25) is 0 Å². The highest BCUT2D eigenvalue weighted by Gasteiger charge is 2.63. The van der Waals surface area contributed by atoms with Gasteiger partial charge in [-0.25, -0.2) is 0 Å². The molecule has 0 spiro atoms. The van der Waals surface area contributed by atoms with E-state index in [1.165, 1.54) is 11.1 Å². The van der Waals surface area contributed by atoms with Crippen molar-refractivity contribution in [3.05, 3.63) is 23.3 Å².